The smallest absolute Gasteiger partial charge is 0.350 e. The van der Waals surface area contributed by atoms with Gasteiger partial charge in [-0.15, -0.1) is 0 Å². The molecule has 0 unspecified atom stereocenters. The summed E-state index contributed by atoms with van der Waals surface area (Å²) < 4.78 is 29.9. The maximum Gasteiger partial charge on any atom is 0.350 e. The zero-order valence-corrected chi connectivity index (χ0v) is 16.3. The predicted octanol–water partition coefficient (Wildman–Crippen LogP) is 2.68. The number of cyclic esters (lactones) is 2. The molecule has 2 heterocycles. The molecule has 7 nitrogen and oxygen atoms in total. The average molecular weight is 392 g/mol. The lowest BCUT2D eigenvalue weighted by atomic mass is 9.98. The van der Waals surface area contributed by atoms with E-state index >= 15 is 0 Å². The molecule has 8 heteroatoms. The van der Waals surface area contributed by atoms with Crippen molar-refractivity contribution in [1.82, 2.24) is 4.90 Å². The molecule has 2 fully saturated rings. The molecule has 2 saturated heterocycles. The summed E-state index contributed by atoms with van der Waals surface area (Å²) >= 11 is 0. The molecule has 1 N–H and O–H groups in total. The standard InChI is InChI=1S/C20H25FN2O5/c1-20(2)27-18(24)15(19(25)28-20)11-22-14-4-5-17(16(21)10-14)26-12-13-6-8-23(3)9-7-13/h4-5,10-11,13,22H,6-9,12H2,1-3H3. The van der Waals surface area contributed by atoms with Crippen LogP contribution >= 0.6 is 0 Å². The van der Waals surface area contributed by atoms with E-state index in [9.17, 15) is 14.0 Å². The molecule has 1 aromatic rings. The first kappa shape index (κ1) is 20.1. The van der Waals surface area contributed by atoms with Crippen LogP contribution < -0.4 is 10.1 Å². The van der Waals surface area contributed by atoms with E-state index in [1.165, 1.54) is 26.0 Å². The quantitative estimate of drug-likeness (QED) is 0.469. The number of piperidine rings is 1. The Morgan fingerprint density at radius 1 is 1.25 bits per heavy atom. The van der Waals surface area contributed by atoms with Crippen molar-refractivity contribution in [2.24, 2.45) is 5.92 Å². The van der Waals surface area contributed by atoms with Gasteiger partial charge in [-0.2, -0.15) is 0 Å². The van der Waals surface area contributed by atoms with Gasteiger partial charge in [0, 0.05) is 31.8 Å². The number of esters is 2. The van der Waals surface area contributed by atoms with Crippen LogP contribution in [0.3, 0.4) is 0 Å². The molecule has 2 aliphatic rings. The molecule has 152 valence electrons. The van der Waals surface area contributed by atoms with Crippen molar-refractivity contribution in [2.75, 3.05) is 32.1 Å². The van der Waals surface area contributed by atoms with E-state index in [1.807, 2.05) is 0 Å². The maximum absolute atomic E-state index is 14.3. The molecule has 0 bridgehead atoms. The van der Waals surface area contributed by atoms with Crippen LogP contribution in [-0.4, -0.2) is 49.4 Å². The Labute approximate surface area is 163 Å². The molecular weight excluding hydrogens is 367 g/mol. The van der Waals surface area contributed by atoms with E-state index in [1.54, 1.807) is 6.07 Å². The van der Waals surface area contributed by atoms with Gasteiger partial charge in [-0.1, -0.05) is 0 Å². The molecule has 1 aromatic carbocycles. The summed E-state index contributed by atoms with van der Waals surface area (Å²) in [6, 6.07) is 4.36. The Bertz CT molecular complexity index is 763. The maximum atomic E-state index is 14.3. The topological polar surface area (TPSA) is 77.1 Å². The molecular formula is C20H25FN2O5. The molecule has 0 aromatic heterocycles. The number of carbonyl (C=O) groups excluding carboxylic acids is 2. The summed E-state index contributed by atoms with van der Waals surface area (Å²) in [5, 5.41) is 2.72. The number of ether oxygens (including phenoxy) is 3. The minimum atomic E-state index is -1.30. The largest absolute Gasteiger partial charge is 0.490 e. The highest BCUT2D eigenvalue weighted by Gasteiger charge is 2.38. The van der Waals surface area contributed by atoms with Gasteiger partial charge in [-0.3, -0.25) is 0 Å². The van der Waals surface area contributed by atoms with Gasteiger partial charge in [0.05, 0.1) is 6.61 Å². The van der Waals surface area contributed by atoms with Gasteiger partial charge in [0.1, 0.15) is 0 Å². The first-order chi connectivity index (χ1) is 13.2. The molecule has 28 heavy (non-hydrogen) atoms. The van der Waals surface area contributed by atoms with Crippen molar-refractivity contribution in [3.8, 4) is 5.75 Å². The van der Waals surface area contributed by atoms with E-state index in [-0.39, 0.29) is 11.3 Å². The second-order valence-electron chi connectivity index (χ2n) is 7.58. The molecule has 3 rings (SSSR count). The van der Waals surface area contributed by atoms with Crippen LogP contribution in [0.4, 0.5) is 10.1 Å². The summed E-state index contributed by atoms with van der Waals surface area (Å²) in [6.45, 7) is 5.46. The van der Waals surface area contributed by atoms with Crippen LogP contribution in [0.15, 0.2) is 30.0 Å². The van der Waals surface area contributed by atoms with Gasteiger partial charge < -0.3 is 24.4 Å². The van der Waals surface area contributed by atoms with Crippen LogP contribution in [0.5, 0.6) is 5.75 Å². The van der Waals surface area contributed by atoms with Crippen molar-refractivity contribution in [3.05, 3.63) is 35.8 Å². The molecule has 2 aliphatic heterocycles. The summed E-state index contributed by atoms with van der Waals surface area (Å²) in [6.07, 6.45) is 3.22. The second kappa shape index (κ2) is 8.18. The monoisotopic (exact) mass is 392 g/mol. The summed E-state index contributed by atoms with van der Waals surface area (Å²) in [5.74, 6) is -2.82. The number of halogens is 1. The first-order valence-corrected chi connectivity index (χ1v) is 9.28. The Balaban J connectivity index is 1.58. The molecule has 0 radical (unpaired) electrons. The number of carbonyl (C=O) groups is 2. The minimum Gasteiger partial charge on any atom is -0.490 e. The lowest BCUT2D eigenvalue weighted by Crippen LogP contribution is -2.42. The normalized spacial score (nSPS) is 20.4. The highest BCUT2D eigenvalue weighted by atomic mass is 19.1. The van der Waals surface area contributed by atoms with Crippen molar-refractivity contribution < 1.29 is 28.2 Å². The second-order valence-corrected chi connectivity index (χ2v) is 7.58. The van der Waals surface area contributed by atoms with Crippen molar-refractivity contribution in [3.63, 3.8) is 0 Å². The van der Waals surface area contributed by atoms with Crippen molar-refractivity contribution in [1.29, 1.82) is 0 Å². The van der Waals surface area contributed by atoms with Gasteiger partial charge in [0.2, 0.25) is 0 Å². The summed E-state index contributed by atoms with van der Waals surface area (Å²) in [4.78, 5) is 26.0. The Hall–Kier alpha value is -2.61. The third-order valence-electron chi connectivity index (χ3n) is 4.74. The third kappa shape index (κ3) is 5.01. The van der Waals surface area contributed by atoms with E-state index in [0.29, 0.717) is 18.2 Å². The van der Waals surface area contributed by atoms with Crippen LogP contribution in [0, 0.1) is 11.7 Å². The summed E-state index contributed by atoms with van der Waals surface area (Å²) in [7, 11) is 2.09. The highest BCUT2D eigenvalue weighted by molar-refractivity contribution is 6.15. The number of hydrogen-bond donors (Lipinski definition) is 1. The molecule has 0 spiro atoms. The SMILES string of the molecule is CN1CCC(COc2ccc(NC=C3C(=O)OC(C)(C)OC3=O)cc2F)CC1. The number of likely N-dealkylation sites (tertiary alicyclic amines) is 1. The van der Waals surface area contributed by atoms with E-state index in [0.717, 1.165) is 32.1 Å². The Morgan fingerprint density at radius 3 is 2.50 bits per heavy atom. The first-order valence-electron chi connectivity index (χ1n) is 9.28. The van der Waals surface area contributed by atoms with Gasteiger partial charge in [0.25, 0.3) is 5.79 Å². The number of nitrogens with one attached hydrogen (secondary N) is 1. The fourth-order valence-electron chi connectivity index (χ4n) is 3.08. The fourth-order valence-corrected chi connectivity index (χ4v) is 3.08. The molecule has 0 amide bonds. The number of nitrogens with zero attached hydrogens (tertiary/aromatic N) is 1. The van der Waals surface area contributed by atoms with Crippen LogP contribution in [-0.2, 0) is 19.1 Å². The van der Waals surface area contributed by atoms with Gasteiger partial charge in [-0.05, 0) is 51.0 Å². The predicted molar refractivity (Wildman–Crippen MR) is 100 cm³/mol. The number of hydrogen-bond acceptors (Lipinski definition) is 7. The van der Waals surface area contributed by atoms with Crippen molar-refractivity contribution >= 4 is 17.6 Å². The van der Waals surface area contributed by atoms with Crippen LogP contribution in [0.25, 0.3) is 0 Å². The zero-order chi connectivity index (χ0) is 20.3. The van der Waals surface area contributed by atoms with Crippen molar-refractivity contribution in [2.45, 2.75) is 32.5 Å². The minimum absolute atomic E-state index is 0.176. The Morgan fingerprint density at radius 2 is 1.89 bits per heavy atom. The number of anilines is 1. The number of benzene rings is 1. The lowest BCUT2D eigenvalue weighted by molar-refractivity contribution is -0.222. The van der Waals surface area contributed by atoms with E-state index in [4.69, 9.17) is 14.2 Å². The molecule has 0 saturated carbocycles. The summed E-state index contributed by atoms with van der Waals surface area (Å²) in [5.41, 5.74) is 0.0735. The zero-order valence-electron chi connectivity index (χ0n) is 16.3. The van der Waals surface area contributed by atoms with Gasteiger partial charge in [-0.25, -0.2) is 14.0 Å². The highest BCUT2D eigenvalue weighted by Crippen LogP contribution is 2.25. The van der Waals surface area contributed by atoms with E-state index < -0.39 is 23.5 Å². The number of rotatable bonds is 5. The van der Waals surface area contributed by atoms with Crippen LogP contribution in [0.2, 0.25) is 0 Å². The third-order valence-corrected chi connectivity index (χ3v) is 4.74. The van der Waals surface area contributed by atoms with Crippen LogP contribution in [0.1, 0.15) is 26.7 Å². The van der Waals surface area contributed by atoms with Gasteiger partial charge in [0.15, 0.2) is 17.1 Å². The Kier molecular flexibility index (Phi) is 5.88. The van der Waals surface area contributed by atoms with E-state index in [2.05, 4.69) is 17.3 Å². The fraction of sp³-hybridized carbons (Fsp3) is 0.500. The van der Waals surface area contributed by atoms with Gasteiger partial charge >= 0.3 is 11.9 Å². The molecule has 0 atom stereocenters. The lowest BCUT2D eigenvalue weighted by Gasteiger charge is -2.29. The molecule has 0 aliphatic carbocycles. The average Bonchev–Trinajstić information content (AvgIpc) is 2.60.